The molecule has 0 unspecified atom stereocenters. The summed E-state index contributed by atoms with van der Waals surface area (Å²) in [4.78, 5) is 0. The van der Waals surface area contributed by atoms with Crippen molar-refractivity contribution >= 4 is 32.6 Å². The predicted molar refractivity (Wildman–Crippen MR) is 120 cm³/mol. The molecule has 0 aromatic heterocycles. The minimum atomic E-state index is -1.90. The Morgan fingerprint density at radius 2 is 1.40 bits per heavy atom. The summed E-state index contributed by atoms with van der Waals surface area (Å²) in [6, 6.07) is 0. The van der Waals surface area contributed by atoms with E-state index in [1.165, 1.54) is 0 Å². The van der Waals surface area contributed by atoms with Crippen LogP contribution in [0, 0.1) is 12.3 Å². The molecule has 0 amide bonds. The summed E-state index contributed by atoms with van der Waals surface area (Å²) < 4.78 is 14.1. The van der Waals surface area contributed by atoms with E-state index in [1.54, 1.807) is 0 Å². The second-order valence-electron chi connectivity index (χ2n) is 9.96. The number of terminal acetylenes is 1. The monoisotopic (exact) mass is 446 g/mol. The molecule has 0 saturated heterocycles. The van der Waals surface area contributed by atoms with Gasteiger partial charge in [-0.05, 0) is 36.3 Å². The van der Waals surface area contributed by atoms with E-state index in [2.05, 4.69) is 96.2 Å². The van der Waals surface area contributed by atoms with Gasteiger partial charge in [-0.3, -0.25) is 0 Å². The fraction of sp³-hybridized carbons (Fsp3) is 0.800. The van der Waals surface area contributed by atoms with Crippen LogP contribution in [-0.2, 0) is 8.85 Å². The van der Waals surface area contributed by atoms with Gasteiger partial charge in [0.2, 0.25) is 0 Å². The molecule has 0 spiro atoms. The van der Waals surface area contributed by atoms with Crippen molar-refractivity contribution in [1.29, 1.82) is 0 Å². The fourth-order valence-electron chi connectivity index (χ4n) is 1.91. The molecular weight excluding hydrogens is 408 g/mol. The van der Waals surface area contributed by atoms with E-state index in [0.717, 1.165) is 10.9 Å². The van der Waals surface area contributed by atoms with Gasteiger partial charge in [0.15, 0.2) is 16.6 Å². The number of hydrogen-bond donors (Lipinski definition) is 0. The average Bonchev–Trinajstić information content (AvgIpc) is 2.34. The highest BCUT2D eigenvalue weighted by atomic mass is 79.9. The SMILES string of the molecule is C#CC[C@H](C[C@H](O[Si](C)(C)C(C)(C)C)C(=C)Br)O[Si](C)(C)C(C)(C)C. The Hall–Kier alpha value is 0.134. The first-order valence-electron chi connectivity index (χ1n) is 9.08. The van der Waals surface area contributed by atoms with E-state index < -0.39 is 16.6 Å². The molecule has 0 aliphatic rings. The van der Waals surface area contributed by atoms with Crippen LogP contribution in [-0.4, -0.2) is 28.8 Å². The first kappa shape index (κ1) is 25.1. The van der Waals surface area contributed by atoms with Crippen LogP contribution in [0.2, 0.25) is 36.3 Å². The van der Waals surface area contributed by atoms with Crippen LogP contribution < -0.4 is 0 Å². The van der Waals surface area contributed by atoms with Crippen molar-refractivity contribution in [3.63, 3.8) is 0 Å². The maximum atomic E-state index is 6.60. The van der Waals surface area contributed by atoms with Crippen LogP contribution in [0.3, 0.4) is 0 Å². The van der Waals surface area contributed by atoms with Gasteiger partial charge in [0.1, 0.15) is 0 Å². The number of hydrogen-bond acceptors (Lipinski definition) is 2. The minimum Gasteiger partial charge on any atom is -0.413 e. The Balaban J connectivity index is 5.37. The lowest BCUT2D eigenvalue weighted by molar-refractivity contribution is 0.116. The quantitative estimate of drug-likeness (QED) is 0.292. The minimum absolute atomic E-state index is 0.00467. The smallest absolute Gasteiger partial charge is 0.192 e. The van der Waals surface area contributed by atoms with E-state index in [0.29, 0.717) is 6.42 Å². The normalized spacial score (nSPS) is 16.2. The summed E-state index contributed by atoms with van der Waals surface area (Å²) in [5.74, 6) is 2.79. The molecule has 0 rings (SSSR count). The topological polar surface area (TPSA) is 18.5 Å². The third kappa shape index (κ3) is 7.72. The predicted octanol–water partition coefficient (Wildman–Crippen LogP) is 7.09. The van der Waals surface area contributed by atoms with Crippen LogP contribution in [0.4, 0.5) is 0 Å². The van der Waals surface area contributed by atoms with Gasteiger partial charge in [0.05, 0.1) is 12.2 Å². The Bertz CT molecular complexity index is 493. The molecule has 0 saturated carbocycles. The molecule has 0 fully saturated rings. The van der Waals surface area contributed by atoms with Crippen molar-refractivity contribution < 1.29 is 8.85 Å². The molecule has 5 heteroatoms. The van der Waals surface area contributed by atoms with Crippen molar-refractivity contribution in [3.8, 4) is 12.3 Å². The Kier molecular flexibility index (Phi) is 8.93. The second kappa shape index (κ2) is 8.88. The van der Waals surface area contributed by atoms with Crippen LogP contribution in [0.1, 0.15) is 54.4 Å². The Morgan fingerprint density at radius 3 is 1.72 bits per heavy atom. The highest BCUT2D eigenvalue weighted by molar-refractivity contribution is 9.11. The molecule has 0 N–H and O–H groups in total. The highest BCUT2D eigenvalue weighted by Crippen LogP contribution is 2.41. The van der Waals surface area contributed by atoms with Crippen molar-refractivity contribution in [2.75, 3.05) is 0 Å². The molecule has 2 atom stereocenters. The summed E-state index contributed by atoms with van der Waals surface area (Å²) in [5, 5.41) is 0.302. The van der Waals surface area contributed by atoms with Gasteiger partial charge in [-0.15, -0.1) is 12.3 Å². The van der Waals surface area contributed by atoms with Crippen LogP contribution in [0.15, 0.2) is 11.1 Å². The zero-order valence-electron chi connectivity index (χ0n) is 18.0. The summed E-state index contributed by atoms with van der Waals surface area (Å²) in [6.45, 7) is 26.7. The van der Waals surface area contributed by atoms with Gasteiger partial charge in [0, 0.05) is 17.3 Å². The van der Waals surface area contributed by atoms with E-state index in [9.17, 15) is 0 Å². The summed E-state index contributed by atoms with van der Waals surface area (Å²) in [5.41, 5.74) is 0. The molecule has 0 aliphatic carbocycles. The van der Waals surface area contributed by atoms with Crippen molar-refractivity contribution in [2.45, 2.75) is 103 Å². The molecule has 0 radical (unpaired) electrons. The third-order valence-corrected chi connectivity index (χ3v) is 15.2. The van der Waals surface area contributed by atoms with Crippen molar-refractivity contribution in [2.24, 2.45) is 0 Å². The molecule has 146 valence electrons. The van der Waals surface area contributed by atoms with Crippen molar-refractivity contribution in [3.05, 3.63) is 11.1 Å². The third-order valence-electron chi connectivity index (χ3n) is 5.68. The highest BCUT2D eigenvalue weighted by Gasteiger charge is 2.42. The standard InChI is InChI=1S/C20H39BrO2Si2/c1-13-14-17(22-24(9,10)19(3,4)5)15-18(16(2)21)23-25(11,12)20(6,7)8/h1,17-18H,2,14-15H2,3-12H3/t17-,18+/m1/s1. The Labute approximate surface area is 167 Å². The first-order valence-corrected chi connectivity index (χ1v) is 15.7. The molecule has 25 heavy (non-hydrogen) atoms. The van der Waals surface area contributed by atoms with Gasteiger partial charge >= 0.3 is 0 Å². The Morgan fingerprint density at radius 1 is 1.00 bits per heavy atom. The van der Waals surface area contributed by atoms with E-state index in [1.807, 2.05) is 0 Å². The van der Waals surface area contributed by atoms with Crippen LogP contribution >= 0.6 is 15.9 Å². The van der Waals surface area contributed by atoms with Gasteiger partial charge < -0.3 is 8.85 Å². The van der Waals surface area contributed by atoms with Gasteiger partial charge in [-0.1, -0.05) is 64.1 Å². The number of rotatable bonds is 8. The molecule has 0 bridgehead atoms. The largest absolute Gasteiger partial charge is 0.413 e. The molecule has 0 aromatic carbocycles. The summed E-state index contributed by atoms with van der Waals surface area (Å²) in [7, 11) is -3.79. The summed E-state index contributed by atoms with van der Waals surface area (Å²) >= 11 is 3.57. The zero-order valence-corrected chi connectivity index (χ0v) is 21.6. The summed E-state index contributed by atoms with van der Waals surface area (Å²) in [6.07, 6.45) is 6.89. The average molecular weight is 448 g/mol. The first-order chi connectivity index (χ1) is 10.9. The lowest BCUT2D eigenvalue weighted by atomic mass is 10.1. The van der Waals surface area contributed by atoms with Crippen LogP contribution in [0.5, 0.6) is 0 Å². The van der Waals surface area contributed by atoms with Gasteiger partial charge in [-0.2, -0.15) is 0 Å². The molecule has 0 aliphatic heterocycles. The second-order valence-corrected chi connectivity index (χ2v) is 20.5. The maximum Gasteiger partial charge on any atom is 0.192 e. The van der Waals surface area contributed by atoms with E-state index in [4.69, 9.17) is 15.3 Å². The van der Waals surface area contributed by atoms with Crippen molar-refractivity contribution in [1.82, 2.24) is 0 Å². The zero-order chi connectivity index (χ0) is 20.3. The number of halogens is 1. The fourth-order valence-corrected chi connectivity index (χ4v) is 5.03. The molecule has 2 nitrogen and oxygen atoms in total. The lowest BCUT2D eigenvalue weighted by Gasteiger charge is -2.42. The molecule has 0 aromatic rings. The molecular formula is C20H39BrO2Si2. The molecule has 0 heterocycles. The lowest BCUT2D eigenvalue weighted by Crippen LogP contribution is -2.47. The van der Waals surface area contributed by atoms with Gasteiger partial charge in [0.25, 0.3) is 0 Å². The van der Waals surface area contributed by atoms with E-state index in [-0.39, 0.29) is 22.3 Å². The maximum absolute atomic E-state index is 6.60. The van der Waals surface area contributed by atoms with Gasteiger partial charge in [-0.25, -0.2) is 0 Å². The van der Waals surface area contributed by atoms with Crippen LogP contribution in [0.25, 0.3) is 0 Å². The van der Waals surface area contributed by atoms with E-state index >= 15 is 0 Å².